The molecule has 5 rings (SSSR count). The van der Waals surface area contributed by atoms with Crippen molar-refractivity contribution < 1.29 is 19.7 Å². The standard InChI is InChI=1S/C33H48N2O4/c1-23-14-30(2,3)18-33(15-23,26-8-10-28-24(12-26)16-34(21-38-28)31(4,5)19-36)27-9-11-29-25(13-27)17-35(22-39-29)32(6,7)20-37/h8-13,23,36-37H,14-22H2,1-7H3. The molecule has 0 amide bonds. The summed E-state index contributed by atoms with van der Waals surface area (Å²) < 4.78 is 12.3. The number of ether oxygens (including phenoxy) is 2. The van der Waals surface area contributed by atoms with E-state index in [2.05, 4.69) is 94.7 Å². The fourth-order valence-electron chi connectivity index (χ4n) is 7.24. The maximum absolute atomic E-state index is 9.99. The highest BCUT2D eigenvalue weighted by atomic mass is 16.5. The van der Waals surface area contributed by atoms with Gasteiger partial charge in [0.1, 0.15) is 25.0 Å². The van der Waals surface area contributed by atoms with E-state index in [1.165, 1.54) is 28.7 Å². The van der Waals surface area contributed by atoms with Crippen molar-refractivity contribution in [2.75, 3.05) is 26.7 Å². The smallest absolute Gasteiger partial charge is 0.142 e. The van der Waals surface area contributed by atoms with Crippen molar-refractivity contribution in [3.05, 3.63) is 58.7 Å². The summed E-state index contributed by atoms with van der Waals surface area (Å²) in [6.07, 6.45) is 3.38. The number of benzene rings is 2. The van der Waals surface area contributed by atoms with Crippen molar-refractivity contribution in [2.24, 2.45) is 11.3 Å². The first-order valence-corrected chi connectivity index (χ1v) is 14.5. The van der Waals surface area contributed by atoms with E-state index in [1.54, 1.807) is 0 Å². The zero-order valence-electron chi connectivity index (χ0n) is 25.0. The van der Waals surface area contributed by atoms with Crippen LogP contribution in [0.25, 0.3) is 0 Å². The van der Waals surface area contributed by atoms with Gasteiger partial charge in [-0.2, -0.15) is 0 Å². The fourth-order valence-corrected chi connectivity index (χ4v) is 7.24. The van der Waals surface area contributed by atoms with Gasteiger partial charge in [0, 0.05) is 40.7 Å². The lowest BCUT2D eigenvalue weighted by Crippen LogP contribution is -2.50. The van der Waals surface area contributed by atoms with Gasteiger partial charge < -0.3 is 19.7 Å². The minimum absolute atomic E-state index is 0.0856. The van der Waals surface area contributed by atoms with Crippen molar-refractivity contribution in [2.45, 2.75) is 97.3 Å². The van der Waals surface area contributed by atoms with E-state index in [0.29, 0.717) is 19.4 Å². The molecule has 214 valence electrons. The van der Waals surface area contributed by atoms with Crippen LogP contribution in [0.3, 0.4) is 0 Å². The highest BCUT2D eigenvalue weighted by molar-refractivity contribution is 5.50. The molecule has 0 aromatic heterocycles. The van der Waals surface area contributed by atoms with Gasteiger partial charge in [-0.3, -0.25) is 9.80 Å². The average Bonchev–Trinajstić information content (AvgIpc) is 2.90. The quantitative estimate of drug-likeness (QED) is 0.496. The minimum atomic E-state index is -0.348. The number of hydrogen-bond acceptors (Lipinski definition) is 6. The van der Waals surface area contributed by atoms with Crippen LogP contribution in [0.15, 0.2) is 36.4 Å². The summed E-state index contributed by atoms with van der Waals surface area (Å²) in [7, 11) is 0. The first-order chi connectivity index (χ1) is 18.3. The van der Waals surface area contributed by atoms with Crippen LogP contribution >= 0.6 is 0 Å². The molecule has 1 fully saturated rings. The van der Waals surface area contributed by atoms with Crippen LogP contribution < -0.4 is 9.47 Å². The van der Waals surface area contributed by atoms with Crippen molar-refractivity contribution >= 4 is 0 Å². The molecule has 0 saturated heterocycles. The molecule has 2 N–H and O–H groups in total. The maximum Gasteiger partial charge on any atom is 0.142 e. The van der Waals surface area contributed by atoms with Gasteiger partial charge in [0.15, 0.2) is 0 Å². The molecule has 2 aliphatic heterocycles. The average molecular weight is 537 g/mol. The summed E-state index contributed by atoms with van der Waals surface area (Å²) in [4.78, 5) is 4.43. The third-order valence-corrected chi connectivity index (χ3v) is 9.56. The molecule has 1 aliphatic carbocycles. The van der Waals surface area contributed by atoms with Crippen LogP contribution in [-0.4, -0.2) is 57.8 Å². The first-order valence-electron chi connectivity index (χ1n) is 14.5. The molecule has 0 bridgehead atoms. The monoisotopic (exact) mass is 536 g/mol. The van der Waals surface area contributed by atoms with Crippen LogP contribution in [0.4, 0.5) is 0 Å². The Morgan fingerprint density at radius 3 is 1.67 bits per heavy atom. The van der Waals surface area contributed by atoms with Crippen molar-refractivity contribution in [3.63, 3.8) is 0 Å². The Balaban J connectivity index is 1.59. The summed E-state index contributed by atoms with van der Waals surface area (Å²) in [5, 5.41) is 20.0. The second-order valence-corrected chi connectivity index (χ2v) is 14.5. The summed E-state index contributed by atoms with van der Waals surface area (Å²) in [5.74, 6) is 2.48. The summed E-state index contributed by atoms with van der Waals surface area (Å²) in [6, 6.07) is 13.7. The topological polar surface area (TPSA) is 65.4 Å². The number of nitrogens with zero attached hydrogens (tertiary/aromatic N) is 2. The Labute approximate surface area is 234 Å². The van der Waals surface area contributed by atoms with E-state index in [0.717, 1.165) is 37.4 Å². The van der Waals surface area contributed by atoms with Gasteiger partial charge >= 0.3 is 0 Å². The van der Waals surface area contributed by atoms with Crippen LogP contribution in [0.2, 0.25) is 0 Å². The predicted molar refractivity (Wildman–Crippen MR) is 155 cm³/mol. The third-order valence-electron chi connectivity index (χ3n) is 9.56. The number of fused-ring (bicyclic) bond motifs is 2. The van der Waals surface area contributed by atoms with Gasteiger partial charge in [-0.15, -0.1) is 0 Å². The van der Waals surface area contributed by atoms with Crippen molar-refractivity contribution in [1.82, 2.24) is 9.80 Å². The Morgan fingerprint density at radius 1 is 0.795 bits per heavy atom. The van der Waals surface area contributed by atoms with Gasteiger partial charge in [-0.25, -0.2) is 0 Å². The molecule has 2 heterocycles. The van der Waals surface area contributed by atoms with E-state index >= 15 is 0 Å². The normalized spacial score (nSPS) is 23.4. The molecule has 6 heteroatoms. The minimum Gasteiger partial charge on any atom is -0.478 e. The first kappa shape index (κ1) is 28.4. The zero-order chi connectivity index (χ0) is 28.2. The maximum atomic E-state index is 9.99. The van der Waals surface area contributed by atoms with Gasteiger partial charge in [0.2, 0.25) is 0 Å². The summed E-state index contributed by atoms with van der Waals surface area (Å²) >= 11 is 0. The molecule has 2 aromatic rings. The summed E-state index contributed by atoms with van der Waals surface area (Å²) in [6.45, 7) is 18.1. The van der Waals surface area contributed by atoms with E-state index in [1.807, 2.05) is 0 Å². The van der Waals surface area contributed by atoms with Crippen LogP contribution in [0.1, 0.15) is 90.0 Å². The van der Waals surface area contributed by atoms with Gasteiger partial charge in [0.05, 0.1) is 13.2 Å². The van der Waals surface area contributed by atoms with Crippen molar-refractivity contribution in [3.8, 4) is 11.5 Å². The van der Waals surface area contributed by atoms with E-state index < -0.39 is 0 Å². The molecule has 39 heavy (non-hydrogen) atoms. The molecule has 3 aliphatic rings. The number of aliphatic hydroxyl groups excluding tert-OH is 2. The van der Waals surface area contributed by atoms with Crippen molar-refractivity contribution in [1.29, 1.82) is 0 Å². The Kier molecular flexibility index (Phi) is 7.33. The molecule has 0 spiro atoms. The molecule has 0 radical (unpaired) electrons. The predicted octanol–water partition coefficient (Wildman–Crippen LogP) is 5.66. The number of aliphatic hydroxyl groups is 2. The van der Waals surface area contributed by atoms with Gasteiger partial charge in [-0.1, -0.05) is 32.9 Å². The SMILES string of the molecule is CC1CC(C)(C)CC(c2ccc3c(c2)CN(C(C)(C)CO)CO3)(c2ccc3c(c2)CN(C(C)(C)CO)CO3)C1. The Bertz CT molecular complexity index is 1130. The molecular weight excluding hydrogens is 488 g/mol. The third kappa shape index (κ3) is 5.33. The van der Waals surface area contributed by atoms with E-state index in [9.17, 15) is 10.2 Å². The second-order valence-electron chi connectivity index (χ2n) is 14.5. The van der Waals surface area contributed by atoms with Gasteiger partial charge in [-0.05, 0) is 93.7 Å². The Morgan fingerprint density at radius 2 is 1.26 bits per heavy atom. The lowest BCUT2D eigenvalue weighted by molar-refractivity contribution is -0.0169. The zero-order valence-corrected chi connectivity index (χ0v) is 25.0. The molecule has 1 atom stereocenters. The summed E-state index contributed by atoms with van der Waals surface area (Å²) in [5.41, 5.74) is 4.44. The lowest BCUT2D eigenvalue weighted by atomic mass is 9.55. The van der Waals surface area contributed by atoms with E-state index in [-0.39, 0.29) is 35.1 Å². The van der Waals surface area contributed by atoms with E-state index in [4.69, 9.17) is 9.47 Å². The lowest BCUT2D eigenvalue weighted by Gasteiger charge is -2.49. The largest absolute Gasteiger partial charge is 0.478 e. The van der Waals surface area contributed by atoms with Crippen LogP contribution in [-0.2, 0) is 18.5 Å². The Hall–Kier alpha value is -2.12. The second kappa shape index (κ2) is 10.1. The van der Waals surface area contributed by atoms with Crippen LogP contribution in [0.5, 0.6) is 11.5 Å². The molecule has 1 saturated carbocycles. The molecule has 1 unspecified atom stereocenters. The molecule has 2 aromatic carbocycles. The highest BCUT2D eigenvalue weighted by Crippen LogP contribution is 2.54. The molecular formula is C33H48N2O4. The molecule has 6 nitrogen and oxygen atoms in total. The fraction of sp³-hybridized carbons (Fsp3) is 0.636. The highest BCUT2D eigenvalue weighted by Gasteiger charge is 2.46. The van der Waals surface area contributed by atoms with Gasteiger partial charge in [0.25, 0.3) is 0 Å². The number of rotatable bonds is 6. The number of hydrogen-bond donors (Lipinski definition) is 2. The van der Waals surface area contributed by atoms with Crippen LogP contribution in [0, 0.1) is 11.3 Å².